The van der Waals surface area contributed by atoms with Gasteiger partial charge in [0, 0.05) is 20.0 Å². The van der Waals surface area contributed by atoms with Gasteiger partial charge in [-0.3, -0.25) is 4.74 Å². The summed E-state index contributed by atoms with van der Waals surface area (Å²) >= 11 is 0. The zero-order valence-electron chi connectivity index (χ0n) is 17.4. The molecule has 30 heavy (non-hydrogen) atoms. The van der Waals surface area contributed by atoms with Gasteiger partial charge in [0.15, 0.2) is 0 Å². The van der Waals surface area contributed by atoms with Gasteiger partial charge in [-0.15, -0.1) is 0 Å². The van der Waals surface area contributed by atoms with Crippen LogP contribution in [0.25, 0.3) is 0 Å². The molecule has 0 saturated carbocycles. The molecule has 0 aliphatic carbocycles. The molecule has 2 aromatic carbocycles. The number of ether oxygens (including phenoxy) is 4. The number of hydrogen-bond acceptors (Lipinski definition) is 6. The maximum absolute atomic E-state index is 13.1. The molecule has 1 aliphatic heterocycles. The molecule has 0 radical (unpaired) electrons. The van der Waals surface area contributed by atoms with Gasteiger partial charge in [-0.05, 0) is 36.8 Å². The zero-order chi connectivity index (χ0) is 21.4. The van der Waals surface area contributed by atoms with E-state index in [1.165, 1.54) is 7.11 Å². The predicted octanol–water partition coefficient (Wildman–Crippen LogP) is 4.12. The summed E-state index contributed by atoms with van der Waals surface area (Å²) in [6.45, 7) is 3.42. The number of amides is 1. The van der Waals surface area contributed by atoms with Gasteiger partial charge in [-0.25, -0.2) is 4.79 Å². The van der Waals surface area contributed by atoms with Gasteiger partial charge in [0.05, 0.1) is 25.3 Å². The standard InChI is InChI=1S/C23H28NO6/c1-3-28-21(25)19-11-13-20(14-12-19)30-23(27-2)24(15-7-8-16-24)22(26)29-17-18-9-5-4-6-10-18/h4-6,9-14,23H,3,7-8,15-17H2,1-2H3/q+1. The quantitative estimate of drug-likeness (QED) is 0.368. The fourth-order valence-electron chi connectivity index (χ4n) is 3.58. The summed E-state index contributed by atoms with van der Waals surface area (Å²) in [5.74, 6) is 0.107. The molecule has 160 valence electrons. The molecule has 7 heteroatoms. The highest BCUT2D eigenvalue weighted by atomic mass is 16.7. The van der Waals surface area contributed by atoms with Crippen molar-refractivity contribution in [1.82, 2.24) is 0 Å². The Morgan fingerprint density at radius 2 is 1.63 bits per heavy atom. The zero-order valence-corrected chi connectivity index (χ0v) is 17.4. The predicted molar refractivity (Wildman–Crippen MR) is 110 cm³/mol. The van der Waals surface area contributed by atoms with Crippen molar-refractivity contribution >= 4 is 12.1 Å². The lowest BCUT2D eigenvalue weighted by atomic mass is 10.2. The van der Waals surface area contributed by atoms with Gasteiger partial charge in [-0.1, -0.05) is 30.3 Å². The third kappa shape index (κ3) is 4.98. The van der Waals surface area contributed by atoms with Gasteiger partial charge in [0.1, 0.15) is 12.4 Å². The van der Waals surface area contributed by atoms with E-state index in [9.17, 15) is 9.59 Å². The van der Waals surface area contributed by atoms with E-state index in [0.717, 1.165) is 18.4 Å². The van der Waals surface area contributed by atoms with Crippen LogP contribution >= 0.6 is 0 Å². The van der Waals surface area contributed by atoms with E-state index in [1.807, 2.05) is 30.3 Å². The lowest BCUT2D eigenvalue weighted by Crippen LogP contribution is -2.60. The number of esters is 1. The van der Waals surface area contributed by atoms with Crippen molar-refractivity contribution in [1.29, 1.82) is 0 Å². The van der Waals surface area contributed by atoms with Crippen LogP contribution in [0.15, 0.2) is 54.6 Å². The van der Waals surface area contributed by atoms with Crippen molar-refractivity contribution in [3.63, 3.8) is 0 Å². The number of nitrogens with zero attached hydrogens (tertiary/aromatic N) is 1. The Bertz CT molecular complexity index is 831. The lowest BCUT2D eigenvalue weighted by molar-refractivity contribution is -0.916. The molecule has 1 aliphatic rings. The maximum atomic E-state index is 13.1. The molecular weight excluding hydrogens is 386 g/mol. The van der Waals surface area contributed by atoms with Crippen molar-refractivity contribution in [3.8, 4) is 5.75 Å². The largest absolute Gasteiger partial charge is 0.521 e. The molecule has 2 aromatic rings. The second kappa shape index (κ2) is 10.2. The highest BCUT2D eigenvalue weighted by molar-refractivity contribution is 5.89. The Hall–Kier alpha value is -2.90. The Balaban J connectivity index is 1.71. The summed E-state index contributed by atoms with van der Waals surface area (Å²) in [6.07, 6.45) is 0.548. The first-order valence-electron chi connectivity index (χ1n) is 10.1. The minimum absolute atomic E-state index is 0.0526. The summed E-state index contributed by atoms with van der Waals surface area (Å²) in [7, 11) is 1.51. The molecule has 0 aromatic heterocycles. The van der Waals surface area contributed by atoms with E-state index in [4.69, 9.17) is 18.9 Å². The third-order valence-electron chi connectivity index (χ3n) is 5.14. The van der Waals surface area contributed by atoms with Gasteiger partial charge >= 0.3 is 18.5 Å². The first kappa shape index (κ1) is 21.8. The lowest BCUT2D eigenvalue weighted by Gasteiger charge is -2.35. The number of hydrogen-bond donors (Lipinski definition) is 0. The number of benzene rings is 2. The van der Waals surface area contributed by atoms with Crippen molar-refractivity contribution in [2.75, 3.05) is 26.8 Å². The molecular formula is C23H28NO6+. The van der Waals surface area contributed by atoms with E-state index in [0.29, 0.717) is 31.0 Å². The highest BCUT2D eigenvalue weighted by Crippen LogP contribution is 2.29. The van der Waals surface area contributed by atoms with Gasteiger partial charge in [0.2, 0.25) is 0 Å². The van der Waals surface area contributed by atoms with Crippen LogP contribution in [0.5, 0.6) is 5.75 Å². The number of quaternary nitrogens is 1. The van der Waals surface area contributed by atoms with Crippen LogP contribution in [-0.2, 0) is 20.8 Å². The second-order valence-electron chi connectivity index (χ2n) is 7.13. The molecule has 0 N–H and O–H groups in total. The molecule has 1 unspecified atom stereocenters. The van der Waals surface area contributed by atoms with Crippen molar-refractivity contribution in [2.24, 2.45) is 0 Å². The summed E-state index contributed by atoms with van der Waals surface area (Å²) in [6, 6.07) is 16.1. The number of carbonyl (C=O) groups excluding carboxylic acids is 2. The maximum Gasteiger partial charge on any atom is 0.521 e. The monoisotopic (exact) mass is 414 g/mol. The molecule has 1 saturated heterocycles. The van der Waals surface area contributed by atoms with Crippen molar-refractivity contribution in [3.05, 3.63) is 65.7 Å². The molecule has 7 nitrogen and oxygen atoms in total. The minimum atomic E-state index is -0.843. The summed E-state index contributed by atoms with van der Waals surface area (Å²) < 4.78 is 22.2. The van der Waals surface area contributed by atoms with Crippen LogP contribution in [-0.4, -0.2) is 49.8 Å². The van der Waals surface area contributed by atoms with E-state index in [2.05, 4.69) is 0 Å². The molecule has 1 atom stereocenters. The number of methoxy groups -OCH3 is 1. The summed E-state index contributed by atoms with van der Waals surface area (Å²) in [4.78, 5) is 24.9. The summed E-state index contributed by atoms with van der Waals surface area (Å²) in [5, 5.41) is 0. The van der Waals surface area contributed by atoms with Crippen LogP contribution < -0.4 is 4.74 Å². The van der Waals surface area contributed by atoms with E-state index in [1.54, 1.807) is 31.2 Å². The van der Waals surface area contributed by atoms with E-state index < -0.39 is 6.41 Å². The van der Waals surface area contributed by atoms with Crippen LogP contribution in [0, 0.1) is 0 Å². The van der Waals surface area contributed by atoms with Crippen molar-refractivity contribution in [2.45, 2.75) is 32.8 Å². The topological polar surface area (TPSA) is 71.1 Å². The molecule has 0 bridgehead atoms. The Labute approximate surface area is 176 Å². The molecule has 3 rings (SSSR count). The minimum Gasteiger partial charge on any atom is -0.462 e. The molecule has 1 heterocycles. The number of rotatable bonds is 8. The molecule has 0 spiro atoms. The van der Waals surface area contributed by atoms with E-state index in [-0.39, 0.29) is 23.2 Å². The van der Waals surface area contributed by atoms with Crippen LogP contribution in [0.3, 0.4) is 0 Å². The van der Waals surface area contributed by atoms with Gasteiger partial charge in [0.25, 0.3) is 0 Å². The fraction of sp³-hybridized carbons (Fsp3) is 0.391. The van der Waals surface area contributed by atoms with Crippen LogP contribution in [0.1, 0.15) is 35.7 Å². The number of carbonyl (C=O) groups is 2. The third-order valence-corrected chi connectivity index (χ3v) is 5.14. The van der Waals surface area contributed by atoms with Gasteiger partial charge < -0.3 is 14.2 Å². The van der Waals surface area contributed by atoms with Crippen LogP contribution in [0.2, 0.25) is 0 Å². The van der Waals surface area contributed by atoms with Crippen LogP contribution in [0.4, 0.5) is 4.79 Å². The van der Waals surface area contributed by atoms with E-state index >= 15 is 0 Å². The average molecular weight is 414 g/mol. The molecule has 1 fully saturated rings. The smallest absolute Gasteiger partial charge is 0.462 e. The molecule has 1 amide bonds. The Morgan fingerprint density at radius 1 is 0.967 bits per heavy atom. The number of likely N-dealkylation sites (tertiary alicyclic amines) is 1. The Morgan fingerprint density at radius 3 is 2.23 bits per heavy atom. The second-order valence-corrected chi connectivity index (χ2v) is 7.13. The normalized spacial score (nSPS) is 15.9. The van der Waals surface area contributed by atoms with Gasteiger partial charge in [-0.2, -0.15) is 9.28 Å². The van der Waals surface area contributed by atoms with Crippen molar-refractivity contribution < 1.29 is 33.0 Å². The highest BCUT2D eigenvalue weighted by Gasteiger charge is 2.51. The first-order chi connectivity index (χ1) is 14.6. The SMILES string of the molecule is CCOC(=O)c1ccc(OC(OC)[N+]2(C(=O)OCc3ccccc3)CCCC2)cc1. The average Bonchev–Trinajstić information content (AvgIpc) is 3.28. The first-order valence-corrected chi connectivity index (χ1v) is 10.1. The summed E-state index contributed by atoms with van der Waals surface area (Å²) in [5.41, 5.74) is 1.36. The fourth-order valence-corrected chi connectivity index (χ4v) is 3.58. The Kier molecular flexibility index (Phi) is 7.43.